The SMILES string of the molecule is O=C(CSc1ccc2c(c1)OCCCO2)N1CCc2ccccc2C1. The molecule has 4 nitrogen and oxygen atoms in total. The number of thioether (sulfide) groups is 1. The molecule has 2 aliphatic heterocycles. The van der Waals surface area contributed by atoms with Crippen molar-refractivity contribution in [2.45, 2.75) is 24.3 Å². The molecule has 2 aromatic carbocycles. The van der Waals surface area contributed by atoms with Crippen LogP contribution in [0.1, 0.15) is 17.5 Å². The third-order valence-electron chi connectivity index (χ3n) is 4.56. The van der Waals surface area contributed by atoms with Gasteiger partial charge >= 0.3 is 0 Å². The number of benzene rings is 2. The van der Waals surface area contributed by atoms with Gasteiger partial charge in [-0.05, 0) is 35.7 Å². The Hall–Kier alpha value is -2.14. The van der Waals surface area contributed by atoms with Crippen LogP contribution < -0.4 is 9.47 Å². The van der Waals surface area contributed by atoms with E-state index in [4.69, 9.17) is 9.47 Å². The summed E-state index contributed by atoms with van der Waals surface area (Å²) in [5, 5.41) is 0. The fourth-order valence-corrected chi connectivity index (χ4v) is 4.01. The second kappa shape index (κ2) is 7.40. The van der Waals surface area contributed by atoms with Crippen molar-refractivity contribution >= 4 is 17.7 Å². The van der Waals surface area contributed by atoms with Gasteiger partial charge in [-0.15, -0.1) is 11.8 Å². The molecule has 2 aromatic rings. The molecule has 25 heavy (non-hydrogen) atoms. The third kappa shape index (κ3) is 3.76. The van der Waals surface area contributed by atoms with Gasteiger partial charge in [0.15, 0.2) is 11.5 Å². The summed E-state index contributed by atoms with van der Waals surface area (Å²) in [7, 11) is 0. The molecule has 0 bridgehead atoms. The summed E-state index contributed by atoms with van der Waals surface area (Å²) in [5.41, 5.74) is 2.63. The average molecular weight is 355 g/mol. The predicted molar refractivity (Wildman–Crippen MR) is 98.3 cm³/mol. The third-order valence-corrected chi connectivity index (χ3v) is 5.54. The molecule has 2 heterocycles. The van der Waals surface area contributed by atoms with E-state index in [1.165, 1.54) is 11.1 Å². The van der Waals surface area contributed by atoms with Crippen molar-refractivity contribution in [1.82, 2.24) is 4.90 Å². The number of hydrogen-bond acceptors (Lipinski definition) is 4. The highest BCUT2D eigenvalue weighted by Crippen LogP contribution is 2.34. The molecule has 0 atom stereocenters. The highest BCUT2D eigenvalue weighted by molar-refractivity contribution is 8.00. The summed E-state index contributed by atoms with van der Waals surface area (Å²) >= 11 is 1.56. The largest absolute Gasteiger partial charge is 0.490 e. The molecular weight excluding hydrogens is 334 g/mol. The second-order valence-corrected chi connectivity index (χ2v) is 7.33. The van der Waals surface area contributed by atoms with Gasteiger partial charge in [-0.2, -0.15) is 0 Å². The van der Waals surface area contributed by atoms with Crippen LogP contribution in [0.4, 0.5) is 0 Å². The first-order valence-electron chi connectivity index (χ1n) is 8.66. The number of ether oxygens (including phenoxy) is 2. The Morgan fingerprint density at radius 2 is 1.84 bits per heavy atom. The lowest BCUT2D eigenvalue weighted by molar-refractivity contribution is -0.129. The number of nitrogens with zero attached hydrogens (tertiary/aromatic N) is 1. The van der Waals surface area contributed by atoms with Gasteiger partial charge in [0.25, 0.3) is 0 Å². The van der Waals surface area contributed by atoms with Gasteiger partial charge in [0.1, 0.15) is 0 Å². The van der Waals surface area contributed by atoms with Crippen molar-refractivity contribution in [3.05, 3.63) is 53.6 Å². The Labute approximate surface area is 152 Å². The van der Waals surface area contributed by atoms with Crippen LogP contribution in [0.15, 0.2) is 47.4 Å². The Morgan fingerprint density at radius 1 is 1.04 bits per heavy atom. The zero-order valence-corrected chi connectivity index (χ0v) is 14.9. The molecule has 0 spiro atoms. The van der Waals surface area contributed by atoms with Crippen LogP contribution in [0.5, 0.6) is 11.5 Å². The van der Waals surface area contributed by atoms with E-state index in [1.54, 1.807) is 11.8 Å². The standard InChI is InChI=1S/C20H21NO3S/c22-20(21-9-8-15-4-1-2-5-16(15)13-21)14-25-17-6-7-18-19(12-17)24-11-3-10-23-18/h1-2,4-7,12H,3,8-11,13-14H2. The molecule has 0 aromatic heterocycles. The van der Waals surface area contributed by atoms with E-state index < -0.39 is 0 Å². The second-order valence-electron chi connectivity index (χ2n) is 6.28. The number of rotatable bonds is 3. The van der Waals surface area contributed by atoms with Gasteiger partial charge < -0.3 is 14.4 Å². The Bertz CT molecular complexity index is 777. The van der Waals surface area contributed by atoms with Crippen LogP contribution in [0.2, 0.25) is 0 Å². The minimum absolute atomic E-state index is 0.187. The fourth-order valence-electron chi connectivity index (χ4n) is 3.18. The van der Waals surface area contributed by atoms with Gasteiger partial charge in [0.2, 0.25) is 5.91 Å². The molecule has 2 aliphatic rings. The van der Waals surface area contributed by atoms with E-state index in [9.17, 15) is 4.79 Å². The maximum atomic E-state index is 12.6. The van der Waals surface area contributed by atoms with E-state index in [1.807, 2.05) is 29.2 Å². The molecule has 130 valence electrons. The molecule has 4 rings (SSSR count). The van der Waals surface area contributed by atoms with E-state index >= 15 is 0 Å². The first kappa shape index (κ1) is 16.3. The monoisotopic (exact) mass is 355 g/mol. The van der Waals surface area contributed by atoms with E-state index in [0.717, 1.165) is 42.3 Å². The number of amides is 1. The molecule has 0 aliphatic carbocycles. The maximum absolute atomic E-state index is 12.6. The highest BCUT2D eigenvalue weighted by Gasteiger charge is 2.20. The normalized spacial score (nSPS) is 16.1. The number of carbonyl (C=O) groups is 1. The van der Waals surface area contributed by atoms with Crippen molar-refractivity contribution in [3.8, 4) is 11.5 Å². The lowest BCUT2D eigenvalue weighted by Crippen LogP contribution is -2.37. The minimum atomic E-state index is 0.187. The molecule has 0 radical (unpaired) electrons. The number of hydrogen-bond donors (Lipinski definition) is 0. The first-order valence-corrected chi connectivity index (χ1v) is 9.65. The van der Waals surface area contributed by atoms with Crippen LogP contribution in [0.3, 0.4) is 0 Å². The van der Waals surface area contributed by atoms with Crippen molar-refractivity contribution < 1.29 is 14.3 Å². The summed E-state index contributed by atoms with van der Waals surface area (Å²) in [6, 6.07) is 14.3. The number of carbonyl (C=O) groups excluding carboxylic acids is 1. The Balaban J connectivity index is 1.37. The van der Waals surface area contributed by atoms with Gasteiger partial charge in [-0.1, -0.05) is 24.3 Å². The van der Waals surface area contributed by atoms with Crippen molar-refractivity contribution in [2.75, 3.05) is 25.5 Å². The molecule has 0 saturated heterocycles. The fraction of sp³-hybridized carbons (Fsp3) is 0.350. The van der Waals surface area contributed by atoms with Crippen molar-refractivity contribution in [3.63, 3.8) is 0 Å². The van der Waals surface area contributed by atoms with Crippen molar-refractivity contribution in [2.24, 2.45) is 0 Å². The summed E-state index contributed by atoms with van der Waals surface area (Å²) in [6.45, 7) is 2.88. The van der Waals surface area contributed by atoms with Crippen LogP contribution >= 0.6 is 11.8 Å². The lowest BCUT2D eigenvalue weighted by Gasteiger charge is -2.28. The zero-order valence-electron chi connectivity index (χ0n) is 14.1. The quantitative estimate of drug-likeness (QED) is 0.790. The molecule has 5 heteroatoms. The summed E-state index contributed by atoms with van der Waals surface area (Å²) in [5.74, 6) is 2.20. The Kier molecular flexibility index (Phi) is 4.83. The van der Waals surface area contributed by atoms with Crippen LogP contribution in [-0.2, 0) is 17.8 Å². The zero-order chi connectivity index (χ0) is 17.1. The predicted octanol–water partition coefficient (Wildman–Crippen LogP) is 3.52. The summed E-state index contributed by atoms with van der Waals surface area (Å²) in [4.78, 5) is 15.6. The average Bonchev–Trinajstić information content (AvgIpc) is 2.90. The molecule has 0 saturated carbocycles. The minimum Gasteiger partial charge on any atom is -0.490 e. The molecule has 0 N–H and O–H groups in total. The van der Waals surface area contributed by atoms with Crippen LogP contribution in [0, 0.1) is 0 Å². The van der Waals surface area contributed by atoms with Crippen LogP contribution in [0.25, 0.3) is 0 Å². The topological polar surface area (TPSA) is 38.8 Å². The molecule has 0 unspecified atom stereocenters. The van der Waals surface area contributed by atoms with E-state index in [2.05, 4.69) is 18.2 Å². The van der Waals surface area contributed by atoms with E-state index in [-0.39, 0.29) is 5.91 Å². The van der Waals surface area contributed by atoms with Gasteiger partial charge in [0, 0.05) is 24.4 Å². The molecular formula is C20H21NO3S. The Morgan fingerprint density at radius 3 is 2.72 bits per heavy atom. The van der Waals surface area contributed by atoms with Gasteiger partial charge in [-0.25, -0.2) is 0 Å². The highest BCUT2D eigenvalue weighted by atomic mass is 32.2. The van der Waals surface area contributed by atoms with Crippen LogP contribution in [-0.4, -0.2) is 36.3 Å². The lowest BCUT2D eigenvalue weighted by atomic mass is 10.00. The first-order chi connectivity index (χ1) is 12.3. The maximum Gasteiger partial charge on any atom is 0.233 e. The van der Waals surface area contributed by atoms with E-state index in [0.29, 0.717) is 19.0 Å². The summed E-state index contributed by atoms with van der Waals surface area (Å²) < 4.78 is 11.4. The van der Waals surface area contributed by atoms with Gasteiger partial charge in [0.05, 0.1) is 19.0 Å². The smallest absolute Gasteiger partial charge is 0.233 e. The summed E-state index contributed by atoms with van der Waals surface area (Å²) in [6.07, 6.45) is 1.84. The molecule has 1 amide bonds. The van der Waals surface area contributed by atoms with Crippen molar-refractivity contribution in [1.29, 1.82) is 0 Å². The number of fused-ring (bicyclic) bond motifs is 2. The van der Waals surface area contributed by atoms with Gasteiger partial charge in [-0.3, -0.25) is 4.79 Å². The molecule has 0 fully saturated rings.